The van der Waals surface area contributed by atoms with Gasteiger partial charge in [-0.05, 0) is 72.6 Å². The van der Waals surface area contributed by atoms with Crippen LogP contribution < -0.4 is 9.47 Å². The Morgan fingerprint density at radius 1 is 1.10 bits per heavy atom. The fourth-order valence-corrected chi connectivity index (χ4v) is 5.06. The van der Waals surface area contributed by atoms with Crippen LogP contribution in [0.2, 0.25) is 0 Å². The molecule has 29 heavy (non-hydrogen) atoms. The highest BCUT2D eigenvalue weighted by atomic mass is 16.5. The van der Waals surface area contributed by atoms with Crippen LogP contribution in [0, 0.1) is 11.3 Å². The van der Waals surface area contributed by atoms with Gasteiger partial charge >= 0.3 is 0 Å². The molecule has 0 spiro atoms. The first kappa shape index (κ1) is 19.8. The molecule has 4 rings (SSSR count). The molecule has 1 heterocycles. The number of ether oxygens (including phenoxy) is 2. The van der Waals surface area contributed by atoms with Crippen molar-refractivity contribution in [2.75, 3.05) is 7.11 Å². The second-order valence-electron chi connectivity index (χ2n) is 9.19. The molecular weight excluding hydrogens is 364 g/mol. The number of fused-ring (bicyclic) bond motifs is 2. The lowest BCUT2D eigenvalue weighted by Crippen LogP contribution is -2.58. The molecule has 4 nitrogen and oxygen atoms in total. The normalized spacial score (nSPS) is 27.8. The zero-order chi connectivity index (χ0) is 20.8. The van der Waals surface area contributed by atoms with Gasteiger partial charge in [0.1, 0.15) is 11.4 Å². The van der Waals surface area contributed by atoms with Crippen LogP contribution in [-0.4, -0.2) is 29.0 Å². The van der Waals surface area contributed by atoms with E-state index in [0.29, 0.717) is 0 Å². The third kappa shape index (κ3) is 3.51. The number of aliphatic hydroxyl groups is 1. The number of phenols is 1. The van der Waals surface area contributed by atoms with E-state index in [2.05, 4.69) is 26.8 Å². The molecule has 2 aromatic rings. The smallest absolute Gasteiger partial charge is 0.165 e. The highest BCUT2D eigenvalue weighted by molar-refractivity contribution is 5.72. The Morgan fingerprint density at radius 2 is 1.86 bits per heavy atom. The highest BCUT2D eigenvalue weighted by Gasteiger charge is 2.54. The summed E-state index contributed by atoms with van der Waals surface area (Å²) in [5, 5.41) is 20.3. The SMILES string of the molecule is COc1cc(/C=C/c2cccc(O)c2)cc2c1OC1(C)CCC(O)C(C)(C)C1C2. The molecule has 1 fully saturated rings. The highest BCUT2D eigenvalue weighted by Crippen LogP contribution is 2.54. The third-order valence-electron chi connectivity index (χ3n) is 6.88. The summed E-state index contributed by atoms with van der Waals surface area (Å²) in [7, 11) is 1.67. The zero-order valence-electron chi connectivity index (χ0n) is 17.6. The number of phenolic OH excluding ortho intramolecular Hbond substituents is 1. The lowest BCUT2D eigenvalue weighted by atomic mass is 9.57. The molecule has 0 bridgehead atoms. The summed E-state index contributed by atoms with van der Waals surface area (Å²) in [5.41, 5.74) is 2.55. The van der Waals surface area contributed by atoms with Gasteiger partial charge in [-0.2, -0.15) is 0 Å². The van der Waals surface area contributed by atoms with Crippen LogP contribution in [0.15, 0.2) is 36.4 Å². The van der Waals surface area contributed by atoms with Gasteiger partial charge in [-0.15, -0.1) is 0 Å². The van der Waals surface area contributed by atoms with Gasteiger partial charge in [0.25, 0.3) is 0 Å². The Balaban J connectivity index is 1.71. The van der Waals surface area contributed by atoms with Gasteiger partial charge in [-0.1, -0.05) is 38.1 Å². The Hall–Kier alpha value is -2.46. The summed E-state index contributed by atoms with van der Waals surface area (Å²) in [4.78, 5) is 0. The van der Waals surface area contributed by atoms with E-state index in [-0.39, 0.29) is 28.8 Å². The molecule has 3 atom stereocenters. The van der Waals surface area contributed by atoms with Gasteiger partial charge in [0.05, 0.1) is 13.2 Å². The van der Waals surface area contributed by atoms with Crippen LogP contribution in [0.3, 0.4) is 0 Å². The van der Waals surface area contributed by atoms with E-state index in [1.54, 1.807) is 19.2 Å². The van der Waals surface area contributed by atoms with Crippen molar-refractivity contribution in [3.63, 3.8) is 0 Å². The molecule has 2 N–H and O–H groups in total. The first-order valence-corrected chi connectivity index (χ1v) is 10.3. The molecule has 154 valence electrons. The zero-order valence-corrected chi connectivity index (χ0v) is 17.6. The lowest BCUT2D eigenvalue weighted by Gasteiger charge is -2.55. The molecule has 2 aliphatic rings. The quantitative estimate of drug-likeness (QED) is 0.714. The summed E-state index contributed by atoms with van der Waals surface area (Å²) in [6.45, 7) is 6.47. The van der Waals surface area contributed by atoms with Gasteiger partial charge in [-0.25, -0.2) is 0 Å². The Labute approximate surface area is 172 Å². The lowest BCUT2D eigenvalue weighted by molar-refractivity contribution is -0.138. The maximum absolute atomic E-state index is 10.6. The summed E-state index contributed by atoms with van der Waals surface area (Å²) in [6, 6.07) is 11.3. The molecule has 0 saturated heterocycles. The minimum absolute atomic E-state index is 0.217. The number of rotatable bonds is 3. The number of hydrogen-bond acceptors (Lipinski definition) is 4. The summed E-state index contributed by atoms with van der Waals surface area (Å²) < 4.78 is 12.2. The van der Waals surface area contributed by atoms with Crippen molar-refractivity contribution < 1.29 is 19.7 Å². The molecule has 2 aromatic carbocycles. The second kappa shape index (κ2) is 7.10. The van der Waals surface area contributed by atoms with E-state index in [0.717, 1.165) is 47.5 Å². The Morgan fingerprint density at radius 3 is 2.59 bits per heavy atom. The van der Waals surface area contributed by atoms with Gasteiger partial charge in [0, 0.05) is 5.92 Å². The molecule has 0 radical (unpaired) electrons. The monoisotopic (exact) mass is 394 g/mol. The number of benzene rings is 2. The fraction of sp³-hybridized carbons (Fsp3) is 0.440. The van der Waals surface area contributed by atoms with Crippen molar-refractivity contribution >= 4 is 12.2 Å². The average molecular weight is 395 g/mol. The summed E-state index contributed by atoms with van der Waals surface area (Å²) in [5.74, 6) is 2.04. The van der Waals surface area contributed by atoms with E-state index in [1.165, 1.54) is 0 Å². The second-order valence-corrected chi connectivity index (χ2v) is 9.19. The molecule has 1 saturated carbocycles. The molecule has 0 aromatic heterocycles. The van der Waals surface area contributed by atoms with Crippen molar-refractivity contribution in [2.24, 2.45) is 11.3 Å². The van der Waals surface area contributed by atoms with Crippen LogP contribution in [0.25, 0.3) is 12.2 Å². The Bertz CT molecular complexity index is 946. The van der Waals surface area contributed by atoms with Crippen molar-refractivity contribution in [1.29, 1.82) is 0 Å². The largest absolute Gasteiger partial charge is 0.508 e. The molecule has 0 amide bonds. The van der Waals surface area contributed by atoms with E-state index < -0.39 is 0 Å². The topological polar surface area (TPSA) is 58.9 Å². The Kier molecular flexibility index (Phi) is 4.86. The van der Waals surface area contributed by atoms with Crippen molar-refractivity contribution in [1.82, 2.24) is 0 Å². The van der Waals surface area contributed by atoms with Crippen molar-refractivity contribution in [3.8, 4) is 17.2 Å². The van der Waals surface area contributed by atoms with E-state index in [9.17, 15) is 10.2 Å². The number of methoxy groups -OCH3 is 1. The van der Waals surface area contributed by atoms with E-state index in [1.807, 2.05) is 30.4 Å². The van der Waals surface area contributed by atoms with Crippen molar-refractivity contribution in [2.45, 2.75) is 51.7 Å². The number of aliphatic hydroxyl groups excluding tert-OH is 1. The third-order valence-corrected chi connectivity index (χ3v) is 6.88. The van der Waals surface area contributed by atoms with Gasteiger partial charge < -0.3 is 19.7 Å². The number of aromatic hydroxyl groups is 1. The van der Waals surface area contributed by atoms with Crippen LogP contribution >= 0.6 is 0 Å². The molecule has 1 aliphatic heterocycles. The standard InChI is InChI=1S/C25H30O4/c1-24(2)21-15-18-12-17(9-8-16-6-5-7-19(26)13-16)14-20(28-4)23(18)29-25(21,3)11-10-22(24)27/h5-9,12-14,21-22,26-27H,10-11,15H2,1-4H3/b9-8+. The number of hydrogen-bond donors (Lipinski definition) is 2. The average Bonchev–Trinajstić information content (AvgIpc) is 2.68. The molecular formula is C25H30O4. The minimum atomic E-state index is -0.318. The fourth-order valence-electron chi connectivity index (χ4n) is 5.06. The van der Waals surface area contributed by atoms with Crippen molar-refractivity contribution in [3.05, 3.63) is 53.1 Å². The maximum atomic E-state index is 10.6. The predicted octanol–water partition coefficient (Wildman–Crippen LogP) is 5.06. The van der Waals surface area contributed by atoms with E-state index in [4.69, 9.17) is 9.47 Å². The van der Waals surface area contributed by atoms with Crippen LogP contribution in [0.4, 0.5) is 0 Å². The van der Waals surface area contributed by atoms with Gasteiger partial charge in [0.15, 0.2) is 11.5 Å². The molecule has 1 aliphatic carbocycles. The first-order valence-electron chi connectivity index (χ1n) is 10.3. The summed E-state index contributed by atoms with van der Waals surface area (Å²) in [6.07, 6.45) is 6.11. The molecule has 3 unspecified atom stereocenters. The van der Waals surface area contributed by atoms with E-state index >= 15 is 0 Å². The van der Waals surface area contributed by atoms with Crippen LogP contribution in [-0.2, 0) is 6.42 Å². The first-order chi connectivity index (χ1) is 13.7. The maximum Gasteiger partial charge on any atom is 0.165 e. The summed E-state index contributed by atoms with van der Waals surface area (Å²) >= 11 is 0. The predicted molar refractivity (Wildman–Crippen MR) is 115 cm³/mol. The van der Waals surface area contributed by atoms with Crippen LogP contribution in [0.5, 0.6) is 17.2 Å². The van der Waals surface area contributed by atoms with Gasteiger partial charge in [-0.3, -0.25) is 0 Å². The minimum Gasteiger partial charge on any atom is -0.508 e. The van der Waals surface area contributed by atoms with Crippen LogP contribution in [0.1, 0.15) is 50.3 Å². The van der Waals surface area contributed by atoms with Gasteiger partial charge in [0.2, 0.25) is 0 Å². The molecule has 4 heteroatoms.